The molecule has 0 amide bonds. The van der Waals surface area contributed by atoms with Gasteiger partial charge in [0.05, 0.1) is 6.10 Å². The van der Waals surface area contributed by atoms with Crippen molar-refractivity contribution in [2.45, 2.75) is 45.2 Å². The molecule has 3 aliphatic heterocycles. The number of ether oxygens (including phenoxy) is 1. The number of carbonyl (C=O) groups is 2. The van der Waals surface area contributed by atoms with Gasteiger partial charge in [0.2, 0.25) is 0 Å². The first-order valence-corrected chi connectivity index (χ1v) is 11.0. The summed E-state index contributed by atoms with van der Waals surface area (Å²) in [6, 6.07) is 9.56. The summed E-state index contributed by atoms with van der Waals surface area (Å²) in [6.07, 6.45) is 3.50. The Balaban J connectivity index is 1.33. The van der Waals surface area contributed by atoms with Crippen molar-refractivity contribution >= 4 is 18.6 Å². The van der Waals surface area contributed by atoms with Crippen LogP contribution in [0.3, 0.4) is 0 Å². The first kappa shape index (κ1) is 18.0. The lowest BCUT2D eigenvalue weighted by molar-refractivity contribution is -0.821. The molecule has 154 valence electrons. The normalized spacial score (nSPS) is 46.5. The summed E-state index contributed by atoms with van der Waals surface area (Å²) in [4.78, 5) is 25.1. The molecule has 0 spiro atoms. The lowest BCUT2D eigenvalue weighted by Gasteiger charge is -2.61. The molecule has 6 aliphatic rings. The topological polar surface area (TPSA) is 65.1 Å². The van der Waals surface area contributed by atoms with E-state index in [4.69, 9.17) is 14.0 Å². The maximum atomic E-state index is 12.5. The molecular weight excluding hydrogens is 369 g/mol. The molecule has 1 aromatic carbocycles. The number of hydrogen-bond acceptors (Lipinski definition) is 5. The Kier molecular flexibility index (Phi) is 3.49. The molecule has 3 saturated carbocycles. The molecule has 7 rings (SSSR count). The van der Waals surface area contributed by atoms with E-state index in [2.05, 4.69) is 13.8 Å². The molecule has 5 atom stereocenters. The second kappa shape index (κ2) is 5.64. The lowest BCUT2D eigenvalue weighted by atomic mass is 9.45. The van der Waals surface area contributed by atoms with Crippen LogP contribution in [0.2, 0.25) is 0 Å². The molecule has 6 nitrogen and oxygen atoms in total. The largest absolute Gasteiger partial charge is 0.615 e. The van der Waals surface area contributed by atoms with Crippen LogP contribution in [0.4, 0.5) is 0 Å². The van der Waals surface area contributed by atoms with E-state index >= 15 is 0 Å². The van der Waals surface area contributed by atoms with Gasteiger partial charge in [0.1, 0.15) is 19.1 Å². The highest BCUT2D eigenvalue weighted by atomic mass is 16.7. The van der Waals surface area contributed by atoms with E-state index in [1.54, 1.807) is 0 Å². The van der Waals surface area contributed by atoms with Gasteiger partial charge in [-0.15, -0.1) is 0 Å². The molecule has 3 unspecified atom stereocenters. The molecule has 3 aliphatic carbocycles. The zero-order valence-corrected chi connectivity index (χ0v) is 17.1. The number of rotatable bonds is 4. The molecule has 7 heteroatoms. The fraction of sp³-hybridized carbons (Fsp3) is 0.636. The van der Waals surface area contributed by atoms with E-state index in [1.165, 1.54) is 19.3 Å². The van der Waals surface area contributed by atoms with Gasteiger partial charge in [-0.3, -0.25) is 9.59 Å². The van der Waals surface area contributed by atoms with Gasteiger partial charge in [0.25, 0.3) is 0 Å². The van der Waals surface area contributed by atoms with Gasteiger partial charge in [-0.05, 0) is 42.1 Å². The molecule has 0 aromatic heterocycles. The highest BCUT2D eigenvalue weighted by Gasteiger charge is 2.77. The van der Waals surface area contributed by atoms with E-state index in [0.717, 1.165) is 18.0 Å². The summed E-state index contributed by atoms with van der Waals surface area (Å²) in [5, 5.41) is 0. The van der Waals surface area contributed by atoms with Gasteiger partial charge in [0.15, 0.2) is 0 Å². The van der Waals surface area contributed by atoms with Crippen molar-refractivity contribution in [3.8, 4) is 0 Å². The van der Waals surface area contributed by atoms with Crippen molar-refractivity contribution in [2.75, 3.05) is 19.6 Å². The summed E-state index contributed by atoms with van der Waals surface area (Å²) < 4.78 is 18.1. The van der Waals surface area contributed by atoms with E-state index in [1.807, 2.05) is 30.3 Å². The third-order valence-corrected chi connectivity index (χ3v) is 8.92. The fourth-order valence-electron chi connectivity index (χ4n) is 7.25. The van der Waals surface area contributed by atoms with Gasteiger partial charge in [0, 0.05) is 12.5 Å². The Morgan fingerprint density at radius 3 is 2.38 bits per heavy atom. The van der Waals surface area contributed by atoms with Crippen molar-refractivity contribution in [2.24, 2.45) is 23.2 Å². The predicted octanol–water partition coefficient (Wildman–Crippen LogP) is 2.61. The first-order chi connectivity index (χ1) is 13.8. The minimum Gasteiger partial charge on any atom is -0.598 e. The number of benzene rings is 1. The molecule has 29 heavy (non-hydrogen) atoms. The fourth-order valence-corrected chi connectivity index (χ4v) is 7.25. The molecule has 1 aromatic rings. The van der Waals surface area contributed by atoms with Crippen LogP contribution in [0, 0.1) is 23.2 Å². The van der Waals surface area contributed by atoms with Crippen molar-refractivity contribution in [3.05, 3.63) is 35.9 Å². The maximum absolute atomic E-state index is 12.5. The van der Waals surface area contributed by atoms with Crippen LogP contribution < -0.4 is 0 Å². The van der Waals surface area contributed by atoms with Crippen molar-refractivity contribution in [1.82, 2.24) is 0 Å². The number of hydrogen-bond donors (Lipinski definition) is 0. The third-order valence-electron chi connectivity index (χ3n) is 8.92. The average Bonchev–Trinajstić information content (AvgIpc) is 3.38. The van der Waals surface area contributed by atoms with E-state index < -0.39 is 6.69 Å². The van der Waals surface area contributed by atoms with Crippen LogP contribution in [-0.4, -0.2) is 48.7 Å². The third kappa shape index (κ3) is 2.31. The Morgan fingerprint density at radius 1 is 1.07 bits per heavy atom. The van der Waals surface area contributed by atoms with Crippen molar-refractivity contribution in [1.29, 1.82) is 0 Å². The van der Waals surface area contributed by atoms with Crippen LogP contribution in [0.1, 0.15) is 44.8 Å². The molecule has 3 heterocycles. The lowest BCUT2D eigenvalue weighted by Crippen LogP contribution is -2.69. The maximum Gasteiger partial charge on any atom is 0.615 e. The smallest absolute Gasteiger partial charge is 0.598 e. The monoisotopic (exact) mass is 397 g/mol. The van der Waals surface area contributed by atoms with Crippen LogP contribution in [0.15, 0.2) is 30.3 Å². The Morgan fingerprint density at radius 2 is 1.76 bits per heavy atom. The van der Waals surface area contributed by atoms with Crippen molar-refractivity contribution < 1.29 is 28.0 Å². The Bertz CT molecular complexity index is 864. The highest BCUT2D eigenvalue weighted by molar-refractivity contribution is 6.68. The summed E-state index contributed by atoms with van der Waals surface area (Å²) in [6.45, 7) is 3.81. The zero-order chi connectivity index (χ0) is 20.0. The first-order valence-electron chi connectivity index (χ1n) is 11.0. The zero-order valence-electron chi connectivity index (χ0n) is 17.1. The minimum atomic E-state index is -2.17. The SMILES string of the molecule is CC1(C)[C@@H]2CCC(C[N+]34CC(=O)O[B-]3(C3OC3c3ccccc3)OC(=O)C4)[C@H]1C2. The predicted molar refractivity (Wildman–Crippen MR) is 105 cm³/mol. The van der Waals surface area contributed by atoms with Crippen LogP contribution in [-0.2, 0) is 23.6 Å². The number of quaternary nitrogens is 1. The van der Waals surface area contributed by atoms with E-state index in [9.17, 15) is 9.59 Å². The molecule has 6 fully saturated rings. The second-order valence-corrected chi connectivity index (χ2v) is 10.6. The molecular formula is C22H28BNO5. The van der Waals surface area contributed by atoms with Crippen molar-refractivity contribution in [3.63, 3.8) is 0 Å². The molecule has 0 radical (unpaired) electrons. The Hall–Kier alpha value is -1.86. The van der Waals surface area contributed by atoms with Gasteiger partial charge >= 0.3 is 18.6 Å². The quantitative estimate of drug-likeness (QED) is 0.577. The summed E-state index contributed by atoms with van der Waals surface area (Å²) in [7, 11) is 0. The molecule has 3 saturated heterocycles. The minimum absolute atomic E-state index is 0.179. The standard InChI is InChI=1S/C22H28BNO5/c1-22(2)16-9-8-15(17(22)10-16)11-24-12-18(25)28-23(24,29-19(26)13-24)21-20(27-21)14-6-4-3-5-7-14/h3-7,15-17,20-21H,8-13H2,1-2H3/t15?,16-,17-,20?,21?,23?,24?/m1/s1. The van der Waals surface area contributed by atoms with Gasteiger partial charge < -0.3 is 18.4 Å². The summed E-state index contributed by atoms with van der Waals surface area (Å²) in [5.41, 5.74) is 1.40. The number of nitrogens with zero attached hydrogens (tertiary/aromatic N) is 1. The Labute approximate surface area is 171 Å². The van der Waals surface area contributed by atoms with Gasteiger partial charge in [-0.25, -0.2) is 0 Å². The number of carbonyl (C=O) groups excluding carboxylic acids is 2. The molecule has 0 N–H and O–H groups in total. The highest BCUT2D eigenvalue weighted by Crippen LogP contribution is 2.62. The van der Waals surface area contributed by atoms with Crippen LogP contribution >= 0.6 is 0 Å². The summed E-state index contributed by atoms with van der Waals surface area (Å²) in [5.74, 6) is 1.44. The van der Waals surface area contributed by atoms with Crippen LogP contribution in [0.25, 0.3) is 0 Å². The van der Waals surface area contributed by atoms with Gasteiger partial charge in [-0.2, -0.15) is 0 Å². The van der Waals surface area contributed by atoms with Crippen LogP contribution in [0.5, 0.6) is 0 Å². The van der Waals surface area contributed by atoms with E-state index in [-0.39, 0.29) is 37.1 Å². The van der Waals surface area contributed by atoms with Gasteiger partial charge in [-0.1, -0.05) is 44.2 Å². The second-order valence-electron chi connectivity index (χ2n) is 10.6. The number of fused-ring (bicyclic) bond motifs is 3. The van der Waals surface area contributed by atoms with E-state index in [0.29, 0.717) is 21.6 Å². The molecule has 2 bridgehead atoms. The average molecular weight is 397 g/mol. The summed E-state index contributed by atoms with van der Waals surface area (Å²) >= 11 is 0. The number of epoxide rings is 1.